The Hall–Kier alpha value is -1.76. The van der Waals surface area contributed by atoms with E-state index in [2.05, 4.69) is 37.3 Å². The van der Waals surface area contributed by atoms with E-state index in [1.54, 1.807) is 0 Å². The van der Waals surface area contributed by atoms with E-state index in [4.69, 9.17) is 0 Å². The highest BCUT2D eigenvalue weighted by molar-refractivity contribution is 5.75. The average molecular weight is 240 g/mol. The summed E-state index contributed by atoms with van der Waals surface area (Å²) < 4.78 is 0. The van der Waals surface area contributed by atoms with Crippen LogP contribution in [-0.4, -0.2) is 5.11 Å². The molecule has 0 amide bonds. The lowest BCUT2D eigenvalue weighted by atomic mass is 9.96. The number of phenols is 1. The highest BCUT2D eigenvalue weighted by Gasteiger charge is 2.09. The van der Waals surface area contributed by atoms with Gasteiger partial charge in [0.15, 0.2) is 0 Å². The van der Waals surface area contributed by atoms with Crippen molar-refractivity contribution in [3.63, 3.8) is 0 Å². The summed E-state index contributed by atoms with van der Waals surface area (Å²) in [6, 6.07) is 12.5. The molecule has 2 aromatic carbocycles. The standard InChI is InChI=1S/C17H20O/c1-4-5-14-8-10-15(11-9-14)16-12(2)6-7-13(3)17(16)18/h6-11,18H,4-5H2,1-3H3. The van der Waals surface area contributed by atoms with Crippen LogP contribution in [0.25, 0.3) is 11.1 Å². The molecule has 1 nitrogen and oxygen atoms in total. The first kappa shape index (κ1) is 12.7. The lowest BCUT2D eigenvalue weighted by Crippen LogP contribution is -1.88. The van der Waals surface area contributed by atoms with E-state index in [1.807, 2.05) is 19.9 Å². The lowest BCUT2D eigenvalue weighted by Gasteiger charge is -2.11. The van der Waals surface area contributed by atoms with Gasteiger partial charge in [-0.05, 0) is 42.5 Å². The number of aryl methyl sites for hydroxylation is 3. The van der Waals surface area contributed by atoms with Crippen molar-refractivity contribution in [2.24, 2.45) is 0 Å². The molecule has 0 spiro atoms. The Kier molecular flexibility index (Phi) is 3.71. The van der Waals surface area contributed by atoms with Gasteiger partial charge >= 0.3 is 0 Å². The fourth-order valence-corrected chi connectivity index (χ4v) is 2.29. The van der Waals surface area contributed by atoms with Crippen LogP contribution in [0.15, 0.2) is 36.4 Å². The van der Waals surface area contributed by atoms with Crippen LogP contribution < -0.4 is 0 Å². The summed E-state index contributed by atoms with van der Waals surface area (Å²) in [5.41, 5.74) is 5.44. The van der Waals surface area contributed by atoms with Gasteiger partial charge in [0.05, 0.1) is 0 Å². The topological polar surface area (TPSA) is 20.2 Å². The molecule has 94 valence electrons. The minimum absolute atomic E-state index is 0.401. The van der Waals surface area contributed by atoms with Crippen molar-refractivity contribution in [3.8, 4) is 16.9 Å². The fourth-order valence-electron chi connectivity index (χ4n) is 2.29. The maximum Gasteiger partial charge on any atom is 0.126 e. The molecule has 0 saturated heterocycles. The van der Waals surface area contributed by atoms with Crippen LogP contribution >= 0.6 is 0 Å². The molecule has 0 aliphatic heterocycles. The SMILES string of the molecule is CCCc1ccc(-c2c(C)ccc(C)c2O)cc1. The lowest BCUT2D eigenvalue weighted by molar-refractivity contribution is 0.473. The van der Waals surface area contributed by atoms with Gasteiger partial charge in [0.2, 0.25) is 0 Å². The predicted octanol–water partition coefficient (Wildman–Crippen LogP) is 4.63. The summed E-state index contributed by atoms with van der Waals surface area (Å²) in [6.45, 7) is 6.16. The van der Waals surface area contributed by atoms with Crippen LogP contribution in [0, 0.1) is 13.8 Å². The highest BCUT2D eigenvalue weighted by Crippen LogP contribution is 2.34. The second-order valence-electron chi connectivity index (χ2n) is 4.87. The highest BCUT2D eigenvalue weighted by atomic mass is 16.3. The van der Waals surface area contributed by atoms with Gasteiger partial charge in [-0.3, -0.25) is 0 Å². The van der Waals surface area contributed by atoms with Crippen molar-refractivity contribution in [2.75, 3.05) is 0 Å². The van der Waals surface area contributed by atoms with E-state index in [9.17, 15) is 5.11 Å². The van der Waals surface area contributed by atoms with Crippen LogP contribution in [0.3, 0.4) is 0 Å². The Morgan fingerprint density at radius 3 is 2.11 bits per heavy atom. The van der Waals surface area contributed by atoms with E-state index in [0.717, 1.165) is 35.1 Å². The third-order valence-corrected chi connectivity index (χ3v) is 3.37. The van der Waals surface area contributed by atoms with E-state index in [-0.39, 0.29) is 0 Å². The molecular formula is C17H20O. The zero-order chi connectivity index (χ0) is 13.1. The summed E-state index contributed by atoms with van der Waals surface area (Å²) in [5.74, 6) is 0.401. The maximum atomic E-state index is 10.2. The minimum Gasteiger partial charge on any atom is -0.507 e. The molecule has 0 fully saturated rings. The third kappa shape index (κ3) is 2.40. The Balaban J connectivity index is 2.45. The molecular weight excluding hydrogens is 220 g/mol. The van der Waals surface area contributed by atoms with Gasteiger partial charge in [0.1, 0.15) is 5.75 Å². The van der Waals surface area contributed by atoms with Crippen molar-refractivity contribution in [1.82, 2.24) is 0 Å². The summed E-state index contributed by atoms with van der Waals surface area (Å²) >= 11 is 0. The van der Waals surface area contributed by atoms with Gasteiger partial charge < -0.3 is 5.11 Å². The van der Waals surface area contributed by atoms with Crippen LogP contribution in [0.4, 0.5) is 0 Å². The molecule has 0 aromatic heterocycles. The molecule has 0 atom stereocenters. The zero-order valence-corrected chi connectivity index (χ0v) is 11.3. The monoisotopic (exact) mass is 240 g/mol. The minimum atomic E-state index is 0.401. The largest absolute Gasteiger partial charge is 0.507 e. The smallest absolute Gasteiger partial charge is 0.126 e. The molecule has 0 unspecified atom stereocenters. The normalized spacial score (nSPS) is 10.6. The molecule has 18 heavy (non-hydrogen) atoms. The predicted molar refractivity (Wildman–Crippen MR) is 77.0 cm³/mol. The molecule has 1 N–H and O–H groups in total. The van der Waals surface area contributed by atoms with Crippen molar-refractivity contribution in [2.45, 2.75) is 33.6 Å². The first-order valence-corrected chi connectivity index (χ1v) is 6.52. The van der Waals surface area contributed by atoms with Crippen LogP contribution in [0.5, 0.6) is 5.75 Å². The molecule has 0 aliphatic carbocycles. The van der Waals surface area contributed by atoms with E-state index in [0.29, 0.717) is 5.75 Å². The average Bonchev–Trinajstić information content (AvgIpc) is 2.37. The number of benzene rings is 2. The molecule has 2 rings (SSSR count). The number of hydrogen-bond donors (Lipinski definition) is 1. The molecule has 0 saturated carbocycles. The van der Waals surface area contributed by atoms with E-state index in [1.165, 1.54) is 5.56 Å². The van der Waals surface area contributed by atoms with Gasteiger partial charge in [-0.15, -0.1) is 0 Å². The summed E-state index contributed by atoms with van der Waals surface area (Å²) in [5, 5.41) is 10.2. The maximum absolute atomic E-state index is 10.2. The van der Waals surface area contributed by atoms with Crippen molar-refractivity contribution >= 4 is 0 Å². The summed E-state index contributed by atoms with van der Waals surface area (Å²) in [6.07, 6.45) is 2.27. The Bertz CT molecular complexity index is 538. The summed E-state index contributed by atoms with van der Waals surface area (Å²) in [7, 11) is 0. The molecule has 0 aliphatic rings. The van der Waals surface area contributed by atoms with Crippen molar-refractivity contribution < 1.29 is 5.11 Å². The number of aromatic hydroxyl groups is 1. The van der Waals surface area contributed by atoms with Crippen molar-refractivity contribution in [1.29, 1.82) is 0 Å². The number of rotatable bonds is 3. The second kappa shape index (κ2) is 5.26. The Morgan fingerprint density at radius 1 is 0.889 bits per heavy atom. The zero-order valence-electron chi connectivity index (χ0n) is 11.3. The van der Waals surface area contributed by atoms with Crippen LogP contribution in [-0.2, 0) is 6.42 Å². The van der Waals surface area contributed by atoms with Gasteiger partial charge in [-0.1, -0.05) is 49.7 Å². The van der Waals surface area contributed by atoms with E-state index >= 15 is 0 Å². The molecule has 0 bridgehead atoms. The van der Waals surface area contributed by atoms with Crippen molar-refractivity contribution in [3.05, 3.63) is 53.1 Å². The Morgan fingerprint density at radius 2 is 1.50 bits per heavy atom. The number of phenolic OH excluding ortho intramolecular Hbond substituents is 1. The van der Waals surface area contributed by atoms with Gasteiger partial charge in [0, 0.05) is 5.56 Å². The molecule has 2 aromatic rings. The number of hydrogen-bond acceptors (Lipinski definition) is 1. The molecule has 1 heteroatoms. The third-order valence-electron chi connectivity index (χ3n) is 3.37. The quantitative estimate of drug-likeness (QED) is 0.829. The van der Waals surface area contributed by atoms with Crippen LogP contribution in [0.2, 0.25) is 0 Å². The Labute approximate surface area is 109 Å². The van der Waals surface area contributed by atoms with Gasteiger partial charge in [-0.25, -0.2) is 0 Å². The van der Waals surface area contributed by atoms with E-state index < -0.39 is 0 Å². The van der Waals surface area contributed by atoms with Gasteiger partial charge in [0.25, 0.3) is 0 Å². The van der Waals surface area contributed by atoms with Crippen LogP contribution in [0.1, 0.15) is 30.0 Å². The second-order valence-corrected chi connectivity index (χ2v) is 4.87. The first-order valence-electron chi connectivity index (χ1n) is 6.52. The molecule has 0 heterocycles. The van der Waals surface area contributed by atoms with Gasteiger partial charge in [-0.2, -0.15) is 0 Å². The first-order chi connectivity index (χ1) is 8.63. The fraction of sp³-hybridized carbons (Fsp3) is 0.294. The molecule has 0 radical (unpaired) electrons. The summed E-state index contributed by atoms with van der Waals surface area (Å²) in [4.78, 5) is 0.